The molecule has 5 aromatic carbocycles. The lowest BCUT2D eigenvalue weighted by Gasteiger charge is -2.48. The van der Waals surface area contributed by atoms with Crippen LogP contribution in [0.25, 0.3) is 0 Å². The number of para-hydroxylation sites is 5. The number of nitrogens with one attached hydrogen (secondary N) is 5. The fourth-order valence-electron chi connectivity index (χ4n) is 17.3. The van der Waals surface area contributed by atoms with Gasteiger partial charge in [0.1, 0.15) is 0 Å². The molecule has 0 unspecified atom stereocenters. The largest absolute Gasteiger partial charge is 0.368 e. The van der Waals surface area contributed by atoms with Crippen molar-refractivity contribution in [3.8, 4) is 0 Å². The molecule has 0 aromatic heterocycles. The van der Waals surface area contributed by atoms with Crippen LogP contribution in [0, 0.1) is 0 Å². The average Bonchev–Trinajstić information content (AvgIpc) is 4.21. The minimum Gasteiger partial charge on any atom is -0.368 e. The zero-order valence-electron chi connectivity index (χ0n) is 38.5. The molecule has 10 aliphatic rings. The molecule has 0 amide bonds. The highest BCUT2D eigenvalue weighted by atomic mass is 15.4. The lowest BCUT2D eigenvalue weighted by molar-refractivity contribution is 0.147. The molecular weight excluding hydrogens is 801 g/mol. The van der Waals surface area contributed by atoms with Crippen molar-refractivity contribution in [2.75, 3.05) is 94.5 Å². The van der Waals surface area contributed by atoms with E-state index in [0.29, 0.717) is 0 Å². The van der Waals surface area contributed by atoms with Crippen LogP contribution in [-0.2, 0) is 27.1 Å². The van der Waals surface area contributed by atoms with Crippen molar-refractivity contribution in [3.63, 3.8) is 0 Å². The van der Waals surface area contributed by atoms with E-state index in [1.54, 1.807) is 0 Å². The zero-order valence-corrected chi connectivity index (χ0v) is 38.5. The van der Waals surface area contributed by atoms with Crippen molar-refractivity contribution < 1.29 is 0 Å². The van der Waals surface area contributed by atoms with Crippen LogP contribution in [0.4, 0.5) is 28.4 Å². The van der Waals surface area contributed by atoms with Crippen molar-refractivity contribution in [2.45, 2.75) is 90.0 Å². The number of hydrogen-bond acceptors (Lipinski definition) is 10. The fraction of sp³-hybridized carbons (Fsp3) is 0.455. The van der Waals surface area contributed by atoms with Gasteiger partial charge in [-0.25, -0.2) is 0 Å². The van der Waals surface area contributed by atoms with Gasteiger partial charge in [0, 0.05) is 72.0 Å². The smallest absolute Gasteiger partial charge is 0.0933 e. The first-order valence-corrected chi connectivity index (χ1v) is 24.6. The van der Waals surface area contributed by atoms with Gasteiger partial charge in [0.15, 0.2) is 0 Å². The molecule has 0 saturated carbocycles. The Morgan fingerprint density at radius 1 is 0.323 bits per heavy atom. The van der Waals surface area contributed by atoms with Gasteiger partial charge in [-0.2, -0.15) is 0 Å². The van der Waals surface area contributed by atoms with E-state index in [4.69, 9.17) is 0 Å². The Hall–Kier alpha value is -5.10. The summed E-state index contributed by atoms with van der Waals surface area (Å²) in [5.74, 6) is 0. The number of likely N-dealkylation sites (tertiary alicyclic amines) is 5. The molecule has 65 heavy (non-hydrogen) atoms. The predicted molar refractivity (Wildman–Crippen MR) is 261 cm³/mol. The Balaban J connectivity index is 0.926. The van der Waals surface area contributed by atoms with Crippen LogP contribution >= 0.6 is 0 Å². The minimum atomic E-state index is -0.215. The minimum absolute atomic E-state index is 0.126. The molecule has 5 fully saturated rings. The van der Waals surface area contributed by atoms with Crippen molar-refractivity contribution in [1.82, 2.24) is 24.5 Å². The molecule has 10 atom stereocenters. The summed E-state index contributed by atoms with van der Waals surface area (Å²) in [6.07, 6.45) is 6.47. The van der Waals surface area contributed by atoms with Crippen LogP contribution in [0.1, 0.15) is 76.6 Å². The third kappa shape index (κ3) is 4.09. The lowest BCUT2D eigenvalue weighted by atomic mass is 9.54. The molecule has 0 aliphatic carbocycles. The van der Waals surface area contributed by atoms with Gasteiger partial charge in [-0.05, 0) is 124 Å². The normalized spacial score (nSPS) is 38.1. The Morgan fingerprint density at radius 2 is 0.615 bits per heavy atom. The van der Waals surface area contributed by atoms with Crippen LogP contribution in [0.3, 0.4) is 0 Å². The molecule has 10 aliphatic heterocycles. The summed E-state index contributed by atoms with van der Waals surface area (Å²) in [4.78, 5) is 13.0. The fourth-order valence-corrected chi connectivity index (χ4v) is 17.3. The Morgan fingerprint density at radius 3 is 1.05 bits per heavy atom. The van der Waals surface area contributed by atoms with E-state index in [1.807, 2.05) is 0 Å². The van der Waals surface area contributed by atoms with Gasteiger partial charge >= 0.3 is 0 Å². The number of anilines is 5. The quantitative estimate of drug-likeness (QED) is 0.129. The topological polar surface area (TPSA) is 76.4 Å². The number of fused-ring (bicyclic) bond motifs is 16. The van der Waals surface area contributed by atoms with Gasteiger partial charge in [-0.1, -0.05) is 91.0 Å². The van der Waals surface area contributed by atoms with Crippen LogP contribution in [-0.4, -0.2) is 123 Å². The van der Waals surface area contributed by atoms with E-state index in [-0.39, 0.29) is 57.9 Å². The first-order chi connectivity index (χ1) is 31.7. The molecule has 0 radical (unpaired) electrons. The summed E-state index contributed by atoms with van der Waals surface area (Å²) in [6.45, 7) is 5.33. The van der Waals surface area contributed by atoms with Gasteiger partial charge in [0.2, 0.25) is 0 Å². The van der Waals surface area contributed by atoms with Gasteiger partial charge in [0.25, 0.3) is 0 Å². The van der Waals surface area contributed by atoms with Crippen molar-refractivity contribution >= 4 is 28.4 Å². The van der Waals surface area contributed by atoms with Crippen LogP contribution in [0.2, 0.25) is 0 Å². The van der Waals surface area contributed by atoms with E-state index in [2.05, 4.69) is 189 Å². The Labute approximate surface area is 383 Å². The molecule has 10 heteroatoms. The summed E-state index contributed by atoms with van der Waals surface area (Å²) in [5.41, 5.74) is 17.8. The van der Waals surface area contributed by atoms with Gasteiger partial charge in [0.05, 0.1) is 47.1 Å². The maximum atomic E-state index is 4.46. The van der Waals surface area contributed by atoms with Crippen molar-refractivity contribution in [3.05, 3.63) is 148 Å². The SMILES string of the molecule is CN1CC[C@]2(c3cccc4c3N[C@@H]3N(C)CC[C@]43c3cccc4c3N[C@@H]3N(C)CC[C@]43[C@@]34CCN(C)[C@@H]3Nc3c([C@]56CCN(C)[C@H]5Nc5ccccc56)cccc34)c3ccccc3N[C@H]12. The highest BCUT2D eigenvalue weighted by Gasteiger charge is 2.73. The lowest BCUT2D eigenvalue weighted by Crippen LogP contribution is -2.60. The van der Waals surface area contributed by atoms with E-state index < -0.39 is 0 Å². The molecule has 5 saturated heterocycles. The molecule has 5 aromatic rings. The standard InChI is InChI=1S/C55H62N10/c1-61-28-23-51(33-13-6-8-21-41(33)56-46(51)61)35-15-10-16-36-43(35)58-48-53(36,25-30-63(48)3)38-18-12-20-40-45(38)60-50-55(40,27-32-65(50)5)54-26-31-64(4)49(54)59-44-37(17-11-19-39(44)54)52-24-29-62(2)47(52)57-42-22-9-7-14-34(42)52/h6-22,46-50,56-60H,23-32H2,1-5H3/t46-,47-,48-,49+,50-,51-,52-,53-,54-,55+/m1/s1. The highest BCUT2D eigenvalue weighted by Crippen LogP contribution is 2.70. The molecule has 10 nitrogen and oxygen atoms in total. The van der Waals surface area contributed by atoms with E-state index in [1.165, 1.54) is 72.9 Å². The van der Waals surface area contributed by atoms with E-state index in [9.17, 15) is 0 Å². The number of benzene rings is 5. The second-order valence-corrected chi connectivity index (χ2v) is 22.0. The second kappa shape index (κ2) is 12.5. The molecule has 5 N–H and O–H groups in total. The maximum Gasteiger partial charge on any atom is 0.0933 e. The summed E-state index contributed by atoms with van der Waals surface area (Å²) >= 11 is 0. The summed E-state index contributed by atoms with van der Waals surface area (Å²) < 4.78 is 0. The third-order valence-electron chi connectivity index (χ3n) is 19.9. The zero-order chi connectivity index (χ0) is 43.4. The monoisotopic (exact) mass is 863 g/mol. The highest BCUT2D eigenvalue weighted by molar-refractivity contribution is 5.83. The van der Waals surface area contributed by atoms with Crippen LogP contribution in [0.5, 0.6) is 0 Å². The number of nitrogens with zero attached hydrogens (tertiary/aromatic N) is 5. The number of likely N-dealkylation sites (N-methyl/N-ethyl adjacent to an activating group) is 5. The molecule has 10 heterocycles. The van der Waals surface area contributed by atoms with Gasteiger partial charge in [-0.15, -0.1) is 0 Å². The third-order valence-corrected chi connectivity index (χ3v) is 19.9. The van der Waals surface area contributed by atoms with Gasteiger partial charge in [-0.3, -0.25) is 24.5 Å². The molecule has 0 bridgehead atoms. The summed E-state index contributed by atoms with van der Waals surface area (Å²) in [6, 6.07) is 40.5. The Bertz CT molecular complexity index is 2880. The first kappa shape index (κ1) is 38.1. The second-order valence-electron chi connectivity index (χ2n) is 22.0. The summed E-state index contributed by atoms with van der Waals surface area (Å²) in [7, 11) is 11.7. The molecular formula is C55H62N10. The first-order valence-electron chi connectivity index (χ1n) is 24.6. The van der Waals surface area contributed by atoms with Crippen LogP contribution < -0.4 is 26.6 Å². The van der Waals surface area contributed by atoms with E-state index >= 15 is 0 Å². The molecule has 332 valence electrons. The maximum absolute atomic E-state index is 4.46. The average molecular weight is 863 g/mol. The number of rotatable bonds is 4. The number of hydrogen-bond donors (Lipinski definition) is 5. The predicted octanol–water partition coefficient (Wildman–Crippen LogP) is 7.16. The van der Waals surface area contributed by atoms with E-state index in [0.717, 1.165) is 64.8 Å². The molecule has 15 rings (SSSR count). The van der Waals surface area contributed by atoms with Crippen LogP contribution in [0.15, 0.2) is 103 Å². The Kier molecular flexibility index (Phi) is 7.29. The van der Waals surface area contributed by atoms with Crippen molar-refractivity contribution in [2.24, 2.45) is 0 Å². The summed E-state index contributed by atoms with van der Waals surface area (Å²) in [5, 5.41) is 21.2. The van der Waals surface area contributed by atoms with Gasteiger partial charge < -0.3 is 26.6 Å². The van der Waals surface area contributed by atoms with Crippen molar-refractivity contribution in [1.29, 1.82) is 0 Å². The molecule has 0 spiro atoms.